The number of halogens is 1. The van der Waals surface area contributed by atoms with E-state index in [1.54, 1.807) is 29.0 Å². The summed E-state index contributed by atoms with van der Waals surface area (Å²) in [6.45, 7) is 0. The molecule has 1 aliphatic rings. The molecular weight excluding hydrogens is 474 g/mol. The van der Waals surface area contributed by atoms with Crippen molar-refractivity contribution in [3.63, 3.8) is 0 Å². The molecule has 1 aromatic heterocycles. The van der Waals surface area contributed by atoms with E-state index in [-0.39, 0.29) is 11.6 Å². The van der Waals surface area contributed by atoms with Gasteiger partial charge in [-0.25, -0.2) is 0 Å². The van der Waals surface area contributed by atoms with Crippen LogP contribution < -0.4 is 4.90 Å². The number of anilines is 1. The van der Waals surface area contributed by atoms with E-state index in [1.165, 1.54) is 28.8 Å². The van der Waals surface area contributed by atoms with E-state index in [1.807, 2.05) is 36.4 Å². The second-order valence-corrected chi connectivity index (χ2v) is 8.67. The summed E-state index contributed by atoms with van der Waals surface area (Å²) in [5.74, 6) is -0.204. The predicted octanol–water partition coefficient (Wildman–Crippen LogP) is 5.55. The topological polar surface area (TPSA) is 68.4 Å². The van der Waals surface area contributed by atoms with Crippen LogP contribution in [0.25, 0.3) is 11.8 Å². The molecule has 0 aliphatic carbocycles. The molecule has 3 aromatic rings. The van der Waals surface area contributed by atoms with Crippen LogP contribution in [0.15, 0.2) is 76.2 Å². The zero-order chi connectivity index (χ0) is 20.5. The molecule has 6 nitrogen and oxygen atoms in total. The van der Waals surface area contributed by atoms with Crippen molar-refractivity contribution >= 4 is 67.6 Å². The van der Waals surface area contributed by atoms with E-state index < -0.39 is 4.92 Å². The number of hydrogen-bond acceptors (Lipinski definition) is 5. The molecule has 1 amide bonds. The van der Waals surface area contributed by atoms with Gasteiger partial charge in [0.25, 0.3) is 11.6 Å². The summed E-state index contributed by atoms with van der Waals surface area (Å²) in [5, 5.41) is 11.1. The van der Waals surface area contributed by atoms with Crippen molar-refractivity contribution in [1.82, 2.24) is 4.57 Å². The van der Waals surface area contributed by atoms with Gasteiger partial charge >= 0.3 is 0 Å². The van der Waals surface area contributed by atoms with Gasteiger partial charge in [0.05, 0.1) is 21.2 Å². The SMILES string of the molecule is O=C1/C(=C/c2cccn2-c2cccc([N+](=O)[O-])c2)SC(=S)N1c1cccc(Br)c1. The Labute approximate surface area is 184 Å². The number of non-ortho nitro benzene ring substituents is 1. The molecule has 0 atom stereocenters. The molecule has 2 heterocycles. The summed E-state index contributed by atoms with van der Waals surface area (Å²) in [6, 6.07) is 17.4. The molecule has 1 aliphatic heterocycles. The Morgan fingerprint density at radius 2 is 1.83 bits per heavy atom. The van der Waals surface area contributed by atoms with Crippen LogP contribution >= 0.6 is 39.9 Å². The van der Waals surface area contributed by atoms with Crippen molar-refractivity contribution in [2.75, 3.05) is 4.90 Å². The van der Waals surface area contributed by atoms with Crippen molar-refractivity contribution in [3.05, 3.63) is 92.0 Å². The molecule has 0 bridgehead atoms. The highest BCUT2D eigenvalue weighted by Crippen LogP contribution is 2.37. The van der Waals surface area contributed by atoms with Gasteiger partial charge in [-0.2, -0.15) is 0 Å². The van der Waals surface area contributed by atoms with Crippen LogP contribution in [0.2, 0.25) is 0 Å². The second-order valence-electron chi connectivity index (χ2n) is 6.08. The third kappa shape index (κ3) is 3.89. The van der Waals surface area contributed by atoms with Crippen LogP contribution in [-0.4, -0.2) is 19.7 Å². The Morgan fingerprint density at radius 3 is 2.59 bits per heavy atom. The molecule has 2 aromatic carbocycles. The van der Waals surface area contributed by atoms with Crippen molar-refractivity contribution in [1.29, 1.82) is 0 Å². The number of amides is 1. The van der Waals surface area contributed by atoms with Gasteiger partial charge in [0.2, 0.25) is 0 Å². The lowest BCUT2D eigenvalue weighted by molar-refractivity contribution is -0.384. The zero-order valence-corrected chi connectivity index (χ0v) is 17.9. The van der Waals surface area contributed by atoms with Crippen molar-refractivity contribution in [3.8, 4) is 5.69 Å². The monoisotopic (exact) mass is 485 g/mol. The molecular formula is C20H12BrN3O3S2. The summed E-state index contributed by atoms with van der Waals surface area (Å²) < 4.78 is 3.10. The maximum atomic E-state index is 13.0. The first-order valence-electron chi connectivity index (χ1n) is 8.40. The number of carbonyl (C=O) groups is 1. The van der Waals surface area contributed by atoms with E-state index in [0.29, 0.717) is 20.6 Å². The number of carbonyl (C=O) groups excluding carboxylic acids is 1. The van der Waals surface area contributed by atoms with Crippen molar-refractivity contribution < 1.29 is 9.72 Å². The molecule has 29 heavy (non-hydrogen) atoms. The van der Waals surface area contributed by atoms with E-state index in [4.69, 9.17) is 12.2 Å². The molecule has 9 heteroatoms. The molecule has 144 valence electrons. The Balaban J connectivity index is 1.69. The lowest BCUT2D eigenvalue weighted by atomic mass is 10.2. The van der Waals surface area contributed by atoms with Gasteiger partial charge in [-0.05, 0) is 42.5 Å². The first-order valence-corrected chi connectivity index (χ1v) is 10.4. The number of benzene rings is 2. The molecule has 0 unspecified atom stereocenters. The number of nitro groups is 1. The minimum Gasteiger partial charge on any atom is -0.317 e. The lowest BCUT2D eigenvalue weighted by Crippen LogP contribution is -2.27. The zero-order valence-electron chi connectivity index (χ0n) is 14.7. The summed E-state index contributed by atoms with van der Waals surface area (Å²) >= 11 is 10.1. The van der Waals surface area contributed by atoms with E-state index in [0.717, 1.165) is 10.2 Å². The summed E-state index contributed by atoms with van der Waals surface area (Å²) in [7, 11) is 0. The number of hydrogen-bond donors (Lipinski definition) is 0. The quantitative estimate of drug-likeness (QED) is 0.209. The predicted molar refractivity (Wildman–Crippen MR) is 122 cm³/mol. The largest absolute Gasteiger partial charge is 0.317 e. The molecule has 4 rings (SSSR count). The Hall–Kier alpha value is -2.75. The van der Waals surface area contributed by atoms with Gasteiger partial charge in [0.1, 0.15) is 0 Å². The number of nitrogens with zero attached hydrogens (tertiary/aromatic N) is 3. The van der Waals surface area contributed by atoms with Crippen molar-refractivity contribution in [2.45, 2.75) is 0 Å². The molecule has 0 radical (unpaired) electrons. The fourth-order valence-electron chi connectivity index (χ4n) is 2.94. The number of aromatic nitrogens is 1. The maximum absolute atomic E-state index is 13.0. The van der Waals surface area contributed by atoms with Crippen LogP contribution in [0.1, 0.15) is 5.69 Å². The van der Waals surface area contributed by atoms with Gasteiger partial charge in [0, 0.05) is 28.5 Å². The first kappa shape index (κ1) is 19.6. The average Bonchev–Trinajstić information content (AvgIpc) is 3.26. The van der Waals surface area contributed by atoms with Crippen LogP contribution in [0.5, 0.6) is 0 Å². The van der Waals surface area contributed by atoms with Crippen molar-refractivity contribution in [2.24, 2.45) is 0 Å². The average molecular weight is 486 g/mol. The molecule has 0 N–H and O–H groups in total. The normalized spacial score (nSPS) is 15.3. The standard InChI is InChI=1S/C20H12BrN3O3S2/c21-13-4-1-6-16(10-13)23-19(25)18(29-20(23)28)12-15-8-3-9-22(15)14-5-2-7-17(11-14)24(26)27/h1-12H/b18-12-. The summed E-state index contributed by atoms with van der Waals surface area (Å²) in [6.07, 6.45) is 3.54. The second kappa shape index (κ2) is 7.94. The first-order chi connectivity index (χ1) is 13.9. The minimum absolute atomic E-state index is 0.00290. The van der Waals surface area contributed by atoms with E-state index >= 15 is 0 Å². The van der Waals surface area contributed by atoms with Gasteiger partial charge < -0.3 is 4.57 Å². The van der Waals surface area contributed by atoms with Crippen LogP contribution in [0.4, 0.5) is 11.4 Å². The number of nitro benzene ring substituents is 1. The summed E-state index contributed by atoms with van der Waals surface area (Å²) in [4.78, 5) is 25.6. The highest BCUT2D eigenvalue weighted by molar-refractivity contribution is 9.10. The highest BCUT2D eigenvalue weighted by Gasteiger charge is 2.33. The smallest absolute Gasteiger partial charge is 0.271 e. The fraction of sp³-hybridized carbons (Fsp3) is 0. The highest BCUT2D eigenvalue weighted by atomic mass is 79.9. The lowest BCUT2D eigenvalue weighted by Gasteiger charge is -2.14. The Kier molecular flexibility index (Phi) is 5.35. The Morgan fingerprint density at radius 1 is 1.07 bits per heavy atom. The van der Waals surface area contributed by atoms with E-state index in [2.05, 4.69) is 15.9 Å². The van der Waals surface area contributed by atoms with Gasteiger partial charge in [0.15, 0.2) is 4.32 Å². The summed E-state index contributed by atoms with van der Waals surface area (Å²) in [5.41, 5.74) is 2.06. The molecule has 0 spiro atoms. The van der Waals surface area contributed by atoms with E-state index in [9.17, 15) is 14.9 Å². The Bertz CT molecular complexity index is 1190. The van der Waals surface area contributed by atoms with Crippen LogP contribution in [0.3, 0.4) is 0 Å². The third-order valence-electron chi connectivity index (χ3n) is 4.24. The van der Waals surface area contributed by atoms with Crippen LogP contribution in [-0.2, 0) is 4.79 Å². The van der Waals surface area contributed by atoms with Gasteiger partial charge in [-0.1, -0.05) is 52.0 Å². The number of rotatable bonds is 4. The molecule has 1 saturated heterocycles. The third-order valence-corrected chi connectivity index (χ3v) is 6.03. The number of thioether (sulfide) groups is 1. The van der Waals surface area contributed by atoms with Gasteiger partial charge in [-0.3, -0.25) is 19.8 Å². The fourth-order valence-corrected chi connectivity index (χ4v) is 4.61. The number of thiocarbonyl (C=S) groups is 1. The molecule has 0 saturated carbocycles. The minimum atomic E-state index is -0.435. The van der Waals surface area contributed by atoms with Gasteiger partial charge in [-0.15, -0.1) is 0 Å². The molecule has 1 fully saturated rings. The maximum Gasteiger partial charge on any atom is 0.271 e. The van der Waals surface area contributed by atoms with Crippen LogP contribution in [0, 0.1) is 10.1 Å².